The summed E-state index contributed by atoms with van der Waals surface area (Å²) < 4.78 is 10.4. The second-order valence-electron chi connectivity index (χ2n) is 6.46. The Bertz CT molecular complexity index is 841. The normalized spacial score (nSPS) is 11.4. The molecule has 2 aromatic carbocycles. The number of methoxy groups -OCH3 is 2. The maximum atomic E-state index is 12.4. The lowest BCUT2D eigenvalue weighted by molar-refractivity contribution is -0.141. The Hall–Kier alpha value is -3.26. The van der Waals surface area contributed by atoms with E-state index in [-0.39, 0.29) is 6.42 Å². The lowest BCUT2D eigenvalue weighted by atomic mass is 10.2. The molecule has 1 amide bonds. The summed E-state index contributed by atoms with van der Waals surface area (Å²) in [7, 11) is 3.00. The van der Waals surface area contributed by atoms with E-state index in [1.807, 2.05) is 31.2 Å². The zero-order valence-corrected chi connectivity index (χ0v) is 16.8. The number of hydrogen-bond acceptors (Lipinski definition) is 6. The van der Waals surface area contributed by atoms with Crippen LogP contribution in [-0.4, -0.2) is 50.3 Å². The van der Waals surface area contributed by atoms with Crippen LogP contribution in [0.1, 0.15) is 12.0 Å². The van der Waals surface area contributed by atoms with Crippen LogP contribution in [0.5, 0.6) is 11.5 Å². The van der Waals surface area contributed by atoms with Crippen molar-refractivity contribution in [2.24, 2.45) is 0 Å². The minimum Gasteiger partial charge on any atom is -0.497 e. The molecule has 0 aliphatic rings. The molecule has 1 atom stereocenters. The van der Waals surface area contributed by atoms with Crippen molar-refractivity contribution in [2.75, 3.05) is 37.9 Å². The number of carboxylic acid groups (broad SMARTS) is 1. The summed E-state index contributed by atoms with van der Waals surface area (Å²) in [4.78, 5) is 23.9. The standard InChI is InChI=1S/C21H27N3O5/c1-14-5-4-6-15(11-14)22-9-10-23-18(21(26)27)13-20(25)24-17-12-16(28-2)7-8-19(17)29-3/h4-8,11-12,18,22-23H,9-10,13H2,1-3H3,(H,24,25)(H,26,27). The Morgan fingerprint density at radius 1 is 1.07 bits per heavy atom. The van der Waals surface area contributed by atoms with Crippen molar-refractivity contribution >= 4 is 23.3 Å². The van der Waals surface area contributed by atoms with Crippen LogP contribution in [-0.2, 0) is 9.59 Å². The molecule has 0 saturated carbocycles. The van der Waals surface area contributed by atoms with E-state index in [1.54, 1.807) is 18.2 Å². The van der Waals surface area contributed by atoms with Crippen molar-refractivity contribution in [3.05, 3.63) is 48.0 Å². The number of ether oxygens (including phenoxy) is 2. The highest BCUT2D eigenvalue weighted by molar-refractivity contribution is 5.95. The Balaban J connectivity index is 1.88. The number of amides is 1. The third kappa shape index (κ3) is 7.00. The number of aryl methyl sites for hydroxylation is 1. The fraction of sp³-hybridized carbons (Fsp3) is 0.333. The van der Waals surface area contributed by atoms with Crippen molar-refractivity contribution in [1.82, 2.24) is 5.32 Å². The van der Waals surface area contributed by atoms with Gasteiger partial charge in [-0.25, -0.2) is 0 Å². The number of rotatable bonds is 11. The molecule has 2 aromatic rings. The van der Waals surface area contributed by atoms with Gasteiger partial charge < -0.3 is 30.5 Å². The molecular weight excluding hydrogens is 374 g/mol. The smallest absolute Gasteiger partial charge is 0.321 e. The topological polar surface area (TPSA) is 109 Å². The second kappa shape index (κ2) is 10.9. The maximum absolute atomic E-state index is 12.4. The van der Waals surface area contributed by atoms with Gasteiger partial charge in [-0.1, -0.05) is 12.1 Å². The predicted molar refractivity (Wildman–Crippen MR) is 112 cm³/mol. The van der Waals surface area contributed by atoms with Crippen LogP contribution in [0.2, 0.25) is 0 Å². The molecule has 0 aromatic heterocycles. The zero-order chi connectivity index (χ0) is 21.2. The molecule has 0 heterocycles. The summed E-state index contributed by atoms with van der Waals surface area (Å²) in [5.74, 6) is -0.519. The van der Waals surface area contributed by atoms with Crippen LogP contribution in [0.3, 0.4) is 0 Å². The maximum Gasteiger partial charge on any atom is 0.321 e. The van der Waals surface area contributed by atoms with Crippen LogP contribution in [0.15, 0.2) is 42.5 Å². The van der Waals surface area contributed by atoms with Crippen molar-refractivity contribution in [3.8, 4) is 11.5 Å². The molecule has 4 N–H and O–H groups in total. The van der Waals surface area contributed by atoms with Gasteiger partial charge in [-0.05, 0) is 36.8 Å². The molecule has 0 radical (unpaired) electrons. The number of anilines is 2. The van der Waals surface area contributed by atoms with Gasteiger partial charge in [0.15, 0.2) is 0 Å². The van der Waals surface area contributed by atoms with Gasteiger partial charge >= 0.3 is 5.97 Å². The number of aliphatic carboxylic acids is 1. The highest BCUT2D eigenvalue weighted by Crippen LogP contribution is 2.29. The first kappa shape index (κ1) is 22.0. The summed E-state index contributed by atoms with van der Waals surface area (Å²) in [6.07, 6.45) is -0.222. The van der Waals surface area contributed by atoms with Gasteiger partial charge in [-0.15, -0.1) is 0 Å². The highest BCUT2D eigenvalue weighted by atomic mass is 16.5. The zero-order valence-electron chi connectivity index (χ0n) is 16.8. The molecule has 8 heteroatoms. The lowest BCUT2D eigenvalue weighted by Gasteiger charge is -2.16. The third-order valence-corrected chi connectivity index (χ3v) is 4.23. The lowest BCUT2D eigenvalue weighted by Crippen LogP contribution is -2.41. The van der Waals surface area contributed by atoms with E-state index < -0.39 is 17.9 Å². The van der Waals surface area contributed by atoms with Gasteiger partial charge in [0.1, 0.15) is 17.5 Å². The minimum absolute atomic E-state index is 0.222. The van der Waals surface area contributed by atoms with Crippen molar-refractivity contribution < 1.29 is 24.2 Å². The fourth-order valence-corrected chi connectivity index (χ4v) is 2.75. The largest absolute Gasteiger partial charge is 0.497 e. The van der Waals surface area contributed by atoms with Crippen molar-refractivity contribution in [1.29, 1.82) is 0 Å². The van der Waals surface area contributed by atoms with Crippen LogP contribution in [0.25, 0.3) is 0 Å². The molecule has 0 fully saturated rings. The molecule has 0 aliphatic carbocycles. The number of nitrogens with one attached hydrogen (secondary N) is 3. The molecule has 156 valence electrons. The number of hydrogen-bond donors (Lipinski definition) is 4. The summed E-state index contributed by atoms with van der Waals surface area (Å²) in [6.45, 7) is 2.92. The van der Waals surface area contributed by atoms with E-state index in [1.165, 1.54) is 14.2 Å². The molecule has 1 unspecified atom stereocenters. The Morgan fingerprint density at radius 3 is 2.52 bits per heavy atom. The summed E-state index contributed by atoms with van der Waals surface area (Å²) in [5.41, 5.74) is 2.51. The van der Waals surface area contributed by atoms with E-state index in [2.05, 4.69) is 16.0 Å². The fourth-order valence-electron chi connectivity index (χ4n) is 2.75. The SMILES string of the molecule is COc1ccc(OC)c(NC(=O)CC(NCCNc2cccc(C)c2)C(=O)O)c1. The third-order valence-electron chi connectivity index (χ3n) is 4.23. The molecule has 0 aliphatic heterocycles. The molecule has 29 heavy (non-hydrogen) atoms. The Kier molecular flexibility index (Phi) is 8.29. The van der Waals surface area contributed by atoms with Crippen LogP contribution >= 0.6 is 0 Å². The molecule has 0 bridgehead atoms. The average molecular weight is 401 g/mol. The van der Waals surface area contributed by atoms with Crippen molar-refractivity contribution in [2.45, 2.75) is 19.4 Å². The molecule has 0 saturated heterocycles. The van der Waals surface area contributed by atoms with Gasteiger partial charge in [0, 0.05) is 24.8 Å². The molecule has 0 spiro atoms. The summed E-state index contributed by atoms with van der Waals surface area (Å²) in [6, 6.07) is 11.9. The van der Waals surface area contributed by atoms with Gasteiger partial charge in [0.05, 0.1) is 26.3 Å². The van der Waals surface area contributed by atoms with E-state index in [0.717, 1.165) is 11.3 Å². The number of carboxylic acids is 1. The van der Waals surface area contributed by atoms with E-state index in [4.69, 9.17) is 9.47 Å². The quantitative estimate of drug-likeness (QED) is 0.428. The van der Waals surface area contributed by atoms with Gasteiger partial charge in [0.2, 0.25) is 5.91 Å². The Labute approximate surface area is 170 Å². The molecule has 2 rings (SSSR count). The highest BCUT2D eigenvalue weighted by Gasteiger charge is 2.21. The summed E-state index contributed by atoms with van der Waals surface area (Å²) in [5, 5.41) is 18.2. The number of carbonyl (C=O) groups excluding carboxylic acids is 1. The van der Waals surface area contributed by atoms with Crippen LogP contribution < -0.4 is 25.4 Å². The minimum atomic E-state index is -1.09. The van der Waals surface area contributed by atoms with E-state index >= 15 is 0 Å². The van der Waals surface area contributed by atoms with Crippen LogP contribution in [0, 0.1) is 6.92 Å². The first-order valence-electron chi connectivity index (χ1n) is 9.21. The monoisotopic (exact) mass is 401 g/mol. The average Bonchev–Trinajstić information content (AvgIpc) is 2.70. The van der Waals surface area contributed by atoms with E-state index in [9.17, 15) is 14.7 Å². The first-order chi connectivity index (χ1) is 13.9. The van der Waals surface area contributed by atoms with E-state index in [0.29, 0.717) is 30.3 Å². The Morgan fingerprint density at radius 2 is 1.86 bits per heavy atom. The second-order valence-corrected chi connectivity index (χ2v) is 6.46. The van der Waals surface area contributed by atoms with Crippen LogP contribution in [0.4, 0.5) is 11.4 Å². The molecular formula is C21H27N3O5. The van der Waals surface area contributed by atoms with Crippen molar-refractivity contribution in [3.63, 3.8) is 0 Å². The van der Waals surface area contributed by atoms with Gasteiger partial charge in [-0.2, -0.15) is 0 Å². The summed E-state index contributed by atoms with van der Waals surface area (Å²) >= 11 is 0. The number of benzene rings is 2. The van der Waals surface area contributed by atoms with Gasteiger partial charge in [-0.3, -0.25) is 9.59 Å². The molecule has 8 nitrogen and oxygen atoms in total. The first-order valence-corrected chi connectivity index (χ1v) is 9.21. The number of carbonyl (C=O) groups is 2. The predicted octanol–water partition coefficient (Wildman–Crippen LogP) is 2.50. The van der Waals surface area contributed by atoms with Gasteiger partial charge in [0.25, 0.3) is 0 Å².